The smallest absolute Gasteiger partial charge is 0.344 e. The topological polar surface area (TPSA) is 98.8 Å². The van der Waals surface area contributed by atoms with Gasteiger partial charge in [-0.05, 0) is 51.9 Å². The van der Waals surface area contributed by atoms with Gasteiger partial charge in [0.1, 0.15) is 5.60 Å². The van der Waals surface area contributed by atoms with Crippen LogP contribution in [0.15, 0.2) is 29.2 Å². The van der Waals surface area contributed by atoms with Crippen LogP contribution in [0, 0.1) is 0 Å². The van der Waals surface area contributed by atoms with Crippen molar-refractivity contribution in [2.75, 3.05) is 13.7 Å². The van der Waals surface area contributed by atoms with Crippen molar-refractivity contribution in [2.24, 2.45) is 0 Å². The van der Waals surface area contributed by atoms with Gasteiger partial charge in [0.15, 0.2) is 6.61 Å². The van der Waals surface area contributed by atoms with Gasteiger partial charge in [-0.25, -0.2) is 17.9 Å². The van der Waals surface area contributed by atoms with Crippen LogP contribution in [0.25, 0.3) is 0 Å². The number of carbonyl (C=O) groups is 2. The van der Waals surface area contributed by atoms with E-state index in [0.29, 0.717) is 6.42 Å². The molecule has 0 aliphatic carbocycles. The average molecular weight is 357 g/mol. The monoisotopic (exact) mass is 357 g/mol. The van der Waals surface area contributed by atoms with Crippen LogP contribution in [0.3, 0.4) is 0 Å². The number of sulfonamides is 1. The molecule has 24 heavy (non-hydrogen) atoms. The van der Waals surface area contributed by atoms with Gasteiger partial charge in [0.05, 0.1) is 4.90 Å². The summed E-state index contributed by atoms with van der Waals surface area (Å²) in [7, 11) is -2.14. The van der Waals surface area contributed by atoms with E-state index < -0.39 is 34.2 Å². The van der Waals surface area contributed by atoms with Crippen molar-refractivity contribution >= 4 is 22.0 Å². The number of hydrogen-bond donors (Lipinski definition) is 1. The first-order chi connectivity index (χ1) is 11.0. The summed E-state index contributed by atoms with van der Waals surface area (Å²) in [5, 5.41) is 0. The minimum Gasteiger partial charge on any atom is -0.457 e. The van der Waals surface area contributed by atoms with Gasteiger partial charge in [0.25, 0.3) is 0 Å². The maximum atomic E-state index is 11.6. The molecule has 0 radical (unpaired) electrons. The average Bonchev–Trinajstić information content (AvgIpc) is 2.49. The lowest BCUT2D eigenvalue weighted by atomic mass is 10.1. The molecule has 0 aliphatic rings. The molecule has 0 aromatic heterocycles. The molecule has 0 fully saturated rings. The number of carbonyl (C=O) groups excluding carboxylic acids is 2. The van der Waals surface area contributed by atoms with Gasteiger partial charge in [-0.15, -0.1) is 0 Å². The second-order valence-electron chi connectivity index (χ2n) is 6.10. The van der Waals surface area contributed by atoms with Crippen molar-refractivity contribution in [3.63, 3.8) is 0 Å². The van der Waals surface area contributed by atoms with E-state index in [1.807, 2.05) is 0 Å². The highest BCUT2D eigenvalue weighted by atomic mass is 32.2. The van der Waals surface area contributed by atoms with Crippen molar-refractivity contribution in [1.82, 2.24) is 4.72 Å². The van der Waals surface area contributed by atoms with E-state index in [1.54, 1.807) is 32.9 Å². The molecule has 1 aromatic rings. The minimum atomic E-state index is -3.47. The van der Waals surface area contributed by atoms with Crippen LogP contribution in [0.1, 0.15) is 32.8 Å². The van der Waals surface area contributed by atoms with Crippen LogP contribution in [0.5, 0.6) is 0 Å². The Labute approximate surface area is 142 Å². The van der Waals surface area contributed by atoms with Gasteiger partial charge >= 0.3 is 11.9 Å². The Morgan fingerprint density at radius 3 is 2.17 bits per heavy atom. The lowest BCUT2D eigenvalue weighted by molar-refractivity contribution is -0.166. The predicted octanol–water partition coefficient (Wildman–Crippen LogP) is 1.41. The molecule has 134 valence electrons. The van der Waals surface area contributed by atoms with Gasteiger partial charge < -0.3 is 9.47 Å². The van der Waals surface area contributed by atoms with Crippen LogP contribution >= 0.6 is 0 Å². The number of ether oxygens (including phenoxy) is 2. The van der Waals surface area contributed by atoms with E-state index >= 15 is 0 Å². The zero-order valence-corrected chi connectivity index (χ0v) is 15.1. The largest absolute Gasteiger partial charge is 0.457 e. The summed E-state index contributed by atoms with van der Waals surface area (Å²) in [5.41, 5.74) is 0.165. The molecule has 7 nitrogen and oxygen atoms in total. The lowest BCUT2D eigenvalue weighted by Gasteiger charge is -2.19. The van der Waals surface area contributed by atoms with Crippen LogP contribution < -0.4 is 4.72 Å². The van der Waals surface area contributed by atoms with Crippen LogP contribution in [-0.4, -0.2) is 39.6 Å². The Bertz CT molecular complexity index is 674. The molecular weight excluding hydrogens is 334 g/mol. The van der Waals surface area contributed by atoms with Crippen molar-refractivity contribution in [2.45, 2.75) is 44.1 Å². The Balaban J connectivity index is 2.44. The Morgan fingerprint density at radius 1 is 1.08 bits per heavy atom. The molecule has 0 amide bonds. The van der Waals surface area contributed by atoms with Gasteiger partial charge in [-0.2, -0.15) is 0 Å². The maximum Gasteiger partial charge on any atom is 0.344 e. The molecule has 0 bridgehead atoms. The van der Waals surface area contributed by atoms with Crippen molar-refractivity contribution in [3.05, 3.63) is 29.8 Å². The fraction of sp³-hybridized carbons (Fsp3) is 0.500. The first-order valence-electron chi connectivity index (χ1n) is 7.43. The van der Waals surface area contributed by atoms with E-state index in [1.165, 1.54) is 19.2 Å². The van der Waals surface area contributed by atoms with Crippen molar-refractivity contribution in [3.8, 4) is 0 Å². The fourth-order valence-electron chi connectivity index (χ4n) is 1.78. The maximum absolute atomic E-state index is 11.6. The summed E-state index contributed by atoms with van der Waals surface area (Å²) < 4.78 is 35.3. The standard InChI is InChI=1S/C16H23NO6S/c1-16(2,3)23-15(19)11-22-14(18)10-7-12-5-8-13(9-6-12)24(20,21)17-4/h5-6,8-9,17H,7,10-11H2,1-4H3. The second-order valence-corrected chi connectivity index (χ2v) is 7.99. The first kappa shape index (κ1) is 20.1. The molecule has 1 rings (SSSR count). The van der Waals surface area contributed by atoms with Crippen molar-refractivity contribution in [1.29, 1.82) is 0 Å². The van der Waals surface area contributed by atoms with Gasteiger partial charge in [-0.3, -0.25) is 4.79 Å². The van der Waals surface area contributed by atoms with Gasteiger partial charge in [0, 0.05) is 6.42 Å². The third-order valence-corrected chi connectivity index (χ3v) is 4.32. The molecule has 8 heteroatoms. The molecule has 1 N–H and O–H groups in total. The summed E-state index contributed by atoms with van der Waals surface area (Å²) >= 11 is 0. The van der Waals surface area contributed by atoms with Crippen LogP contribution in [0.2, 0.25) is 0 Å². The molecule has 0 saturated carbocycles. The lowest BCUT2D eigenvalue weighted by Crippen LogP contribution is -2.27. The normalized spacial score (nSPS) is 11.8. The number of aryl methyl sites for hydroxylation is 1. The number of nitrogens with one attached hydrogen (secondary N) is 1. The molecule has 0 saturated heterocycles. The highest BCUT2D eigenvalue weighted by Crippen LogP contribution is 2.12. The summed E-state index contributed by atoms with van der Waals surface area (Å²) in [6, 6.07) is 6.19. The number of esters is 2. The summed E-state index contributed by atoms with van der Waals surface area (Å²) in [6.45, 7) is 4.76. The van der Waals surface area contributed by atoms with E-state index in [2.05, 4.69) is 4.72 Å². The predicted molar refractivity (Wildman–Crippen MR) is 87.8 cm³/mol. The molecule has 0 unspecified atom stereocenters. The molecular formula is C16H23NO6S. The van der Waals surface area contributed by atoms with E-state index in [-0.39, 0.29) is 11.3 Å². The third-order valence-electron chi connectivity index (χ3n) is 2.89. The van der Waals surface area contributed by atoms with Gasteiger partial charge in [-0.1, -0.05) is 12.1 Å². The Hall–Kier alpha value is -1.93. The van der Waals surface area contributed by atoms with E-state index in [0.717, 1.165) is 5.56 Å². The van der Waals surface area contributed by atoms with E-state index in [9.17, 15) is 18.0 Å². The number of rotatable bonds is 7. The molecule has 0 atom stereocenters. The SMILES string of the molecule is CNS(=O)(=O)c1ccc(CCC(=O)OCC(=O)OC(C)(C)C)cc1. The number of hydrogen-bond acceptors (Lipinski definition) is 6. The molecule has 0 aliphatic heterocycles. The summed E-state index contributed by atoms with van der Waals surface area (Å²) in [6.07, 6.45) is 0.466. The quantitative estimate of drug-likeness (QED) is 0.741. The van der Waals surface area contributed by atoms with E-state index in [4.69, 9.17) is 9.47 Å². The highest BCUT2D eigenvalue weighted by molar-refractivity contribution is 7.89. The number of benzene rings is 1. The molecule has 0 heterocycles. The zero-order chi connectivity index (χ0) is 18.4. The summed E-state index contributed by atoms with van der Waals surface area (Å²) in [4.78, 5) is 23.2. The fourth-order valence-corrected chi connectivity index (χ4v) is 2.51. The zero-order valence-electron chi connectivity index (χ0n) is 14.3. The first-order valence-corrected chi connectivity index (χ1v) is 8.92. The highest BCUT2D eigenvalue weighted by Gasteiger charge is 2.17. The summed E-state index contributed by atoms with van der Waals surface area (Å²) in [5.74, 6) is -1.12. The van der Waals surface area contributed by atoms with Gasteiger partial charge in [0.2, 0.25) is 10.0 Å². The van der Waals surface area contributed by atoms with Crippen LogP contribution in [-0.2, 0) is 35.5 Å². The molecule has 0 spiro atoms. The Kier molecular flexibility index (Phi) is 6.92. The second kappa shape index (κ2) is 8.25. The van der Waals surface area contributed by atoms with Crippen LogP contribution in [0.4, 0.5) is 0 Å². The third kappa shape index (κ3) is 7.10. The van der Waals surface area contributed by atoms with Crippen molar-refractivity contribution < 1.29 is 27.5 Å². The Morgan fingerprint density at radius 2 is 1.67 bits per heavy atom. The minimum absolute atomic E-state index is 0.0842. The molecule has 1 aromatic carbocycles.